The van der Waals surface area contributed by atoms with Crippen molar-refractivity contribution in [3.05, 3.63) is 76.3 Å². The first-order valence-electron chi connectivity index (χ1n) is 9.60. The minimum absolute atomic E-state index is 0.0245. The Kier molecular flexibility index (Phi) is 5.60. The van der Waals surface area contributed by atoms with Crippen molar-refractivity contribution >= 4 is 32.9 Å². The monoisotopic (exact) mass is 409 g/mol. The Hall–Kier alpha value is -2.77. The lowest BCUT2D eigenvalue weighted by molar-refractivity contribution is -0.385. The van der Waals surface area contributed by atoms with Crippen molar-refractivity contribution in [2.75, 3.05) is 38.1 Å². The molecule has 3 aromatic carbocycles. The van der Waals surface area contributed by atoms with Gasteiger partial charge in [0.1, 0.15) is 0 Å². The van der Waals surface area contributed by atoms with E-state index >= 15 is 0 Å². The van der Waals surface area contributed by atoms with E-state index in [0.717, 1.165) is 42.6 Å². The summed E-state index contributed by atoms with van der Waals surface area (Å²) in [6.45, 7) is 3.66. The van der Waals surface area contributed by atoms with Crippen molar-refractivity contribution in [1.29, 1.82) is 0 Å². The van der Waals surface area contributed by atoms with Crippen LogP contribution in [0.4, 0.5) is 11.4 Å². The van der Waals surface area contributed by atoms with Gasteiger partial charge in [0, 0.05) is 48.4 Å². The lowest BCUT2D eigenvalue weighted by Crippen LogP contribution is -2.44. The molecule has 0 amide bonds. The number of rotatable bonds is 5. The van der Waals surface area contributed by atoms with Crippen LogP contribution in [0.2, 0.25) is 0 Å². The second-order valence-electron chi connectivity index (χ2n) is 7.33. The van der Waals surface area contributed by atoms with Crippen molar-refractivity contribution in [1.82, 2.24) is 4.90 Å². The second kappa shape index (κ2) is 8.31. The van der Waals surface area contributed by atoms with Crippen molar-refractivity contribution < 1.29 is 9.13 Å². The topological polar surface area (TPSA) is 66.7 Å². The number of fused-ring (bicyclic) bond motifs is 1. The van der Waals surface area contributed by atoms with Gasteiger partial charge >= 0.3 is 0 Å². The summed E-state index contributed by atoms with van der Waals surface area (Å²) in [5.41, 5.74) is 1.49. The third-order valence-corrected chi connectivity index (χ3v) is 6.83. The van der Waals surface area contributed by atoms with Crippen LogP contribution in [-0.2, 0) is 16.6 Å². The van der Waals surface area contributed by atoms with E-state index in [-0.39, 0.29) is 16.4 Å². The smallest absolute Gasteiger partial charge is 0.273 e. The summed E-state index contributed by atoms with van der Waals surface area (Å²) >= 11 is 0. The highest BCUT2D eigenvalue weighted by Crippen LogP contribution is 2.30. The van der Waals surface area contributed by atoms with Gasteiger partial charge in [0.2, 0.25) is 0 Å². The van der Waals surface area contributed by atoms with Gasteiger partial charge in [-0.25, -0.2) is 0 Å². The van der Waals surface area contributed by atoms with Crippen LogP contribution in [0.1, 0.15) is 5.56 Å². The SMILES string of the molecule is CN1CCN(c2ccc([N+](=O)[O-])c(CS(=O)c3cccc4ccccc34)c2)CC1. The van der Waals surface area contributed by atoms with Crippen molar-refractivity contribution in [2.24, 2.45) is 0 Å². The molecule has 1 aliphatic heterocycles. The van der Waals surface area contributed by atoms with Gasteiger partial charge in [-0.3, -0.25) is 14.3 Å². The first kappa shape index (κ1) is 19.5. The Morgan fingerprint density at radius 3 is 2.48 bits per heavy atom. The van der Waals surface area contributed by atoms with Crippen LogP contribution in [0.5, 0.6) is 0 Å². The molecule has 6 nitrogen and oxygen atoms in total. The molecular weight excluding hydrogens is 386 g/mol. The highest BCUT2D eigenvalue weighted by Gasteiger charge is 2.21. The third kappa shape index (κ3) is 4.16. The summed E-state index contributed by atoms with van der Waals surface area (Å²) < 4.78 is 13.2. The average molecular weight is 410 g/mol. The molecule has 29 heavy (non-hydrogen) atoms. The molecule has 0 saturated carbocycles. The molecule has 7 heteroatoms. The van der Waals surface area contributed by atoms with E-state index in [1.165, 1.54) is 0 Å². The highest BCUT2D eigenvalue weighted by atomic mass is 32.2. The van der Waals surface area contributed by atoms with Gasteiger partial charge in [-0.05, 0) is 36.0 Å². The van der Waals surface area contributed by atoms with E-state index in [1.807, 2.05) is 48.5 Å². The van der Waals surface area contributed by atoms with Crippen LogP contribution < -0.4 is 4.90 Å². The first-order chi connectivity index (χ1) is 14.0. The zero-order chi connectivity index (χ0) is 20.4. The maximum absolute atomic E-state index is 13.2. The molecule has 1 unspecified atom stereocenters. The molecule has 0 aliphatic carbocycles. The van der Waals surface area contributed by atoms with Gasteiger partial charge in [0.25, 0.3) is 5.69 Å². The van der Waals surface area contributed by atoms with E-state index in [9.17, 15) is 14.3 Å². The summed E-state index contributed by atoms with van der Waals surface area (Å²) in [6, 6.07) is 18.7. The Labute approximate surface area is 172 Å². The van der Waals surface area contributed by atoms with Gasteiger partial charge in [-0.1, -0.05) is 36.4 Å². The molecule has 4 rings (SSSR count). The lowest BCUT2D eigenvalue weighted by atomic mass is 10.1. The number of hydrogen-bond acceptors (Lipinski definition) is 5. The Bertz CT molecular complexity index is 1070. The van der Waals surface area contributed by atoms with Crippen LogP contribution in [0, 0.1) is 10.1 Å². The molecule has 3 aromatic rings. The fourth-order valence-corrected chi connectivity index (χ4v) is 5.07. The molecule has 0 bridgehead atoms. The number of piperazine rings is 1. The maximum atomic E-state index is 13.2. The van der Waals surface area contributed by atoms with Gasteiger partial charge in [-0.2, -0.15) is 0 Å². The van der Waals surface area contributed by atoms with E-state index in [2.05, 4.69) is 16.8 Å². The number of benzene rings is 3. The maximum Gasteiger partial charge on any atom is 0.273 e. The number of anilines is 1. The number of likely N-dealkylation sites (N-methyl/N-ethyl adjacent to an activating group) is 1. The molecule has 0 spiro atoms. The predicted octanol–water partition coefficient (Wildman–Crippen LogP) is 3.81. The van der Waals surface area contributed by atoms with E-state index in [1.54, 1.807) is 12.1 Å². The summed E-state index contributed by atoms with van der Waals surface area (Å²) in [5, 5.41) is 13.5. The Balaban J connectivity index is 1.66. The Morgan fingerprint density at radius 1 is 1.00 bits per heavy atom. The van der Waals surface area contributed by atoms with Crippen LogP contribution in [0.15, 0.2) is 65.6 Å². The average Bonchev–Trinajstić information content (AvgIpc) is 2.73. The van der Waals surface area contributed by atoms with Crippen LogP contribution >= 0.6 is 0 Å². The molecule has 1 atom stereocenters. The molecule has 0 aromatic heterocycles. The number of hydrogen-bond donors (Lipinski definition) is 0. The summed E-state index contributed by atoms with van der Waals surface area (Å²) in [7, 11) is 0.703. The normalized spacial score (nSPS) is 16.1. The number of nitro groups is 1. The van der Waals surface area contributed by atoms with Crippen molar-refractivity contribution in [2.45, 2.75) is 10.6 Å². The highest BCUT2D eigenvalue weighted by molar-refractivity contribution is 7.84. The molecule has 0 N–H and O–H groups in total. The van der Waals surface area contributed by atoms with Crippen molar-refractivity contribution in [3.63, 3.8) is 0 Å². The summed E-state index contributed by atoms with van der Waals surface area (Å²) in [6.07, 6.45) is 0. The van der Waals surface area contributed by atoms with Crippen molar-refractivity contribution in [3.8, 4) is 0 Å². The van der Waals surface area contributed by atoms with E-state index in [0.29, 0.717) is 10.5 Å². The van der Waals surface area contributed by atoms with Gasteiger partial charge in [0.05, 0.1) is 21.5 Å². The van der Waals surface area contributed by atoms with Crippen LogP contribution in [0.25, 0.3) is 10.8 Å². The van der Waals surface area contributed by atoms with Gasteiger partial charge < -0.3 is 9.80 Å². The zero-order valence-electron chi connectivity index (χ0n) is 16.3. The second-order valence-corrected chi connectivity index (χ2v) is 8.75. The minimum atomic E-state index is -1.39. The third-order valence-electron chi connectivity index (χ3n) is 5.41. The minimum Gasteiger partial charge on any atom is -0.369 e. The molecule has 0 radical (unpaired) electrons. The van der Waals surface area contributed by atoms with Gasteiger partial charge in [0.15, 0.2) is 0 Å². The number of nitrogens with zero attached hydrogens (tertiary/aromatic N) is 3. The largest absolute Gasteiger partial charge is 0.369 e. The molecule has 1 saturated heterocycles. The Morgan fingerprint density at radius 2 is 1.72 bits per heavy atom. The number of nitro benzene ring substituents is 1. The fourth-order valence-electron chi connectivity index (χ4n) is 3.74. The van der Waals surface area contributed by atoms with E-state index in [4.69, 9.17) is 0 Å². The van der Waals surface area contributed by atoms with Crippen LogP contribution in [0.3, 0.4) is 0 Å². The zero-order valence-corrected chi connectivity index (χ0v) is 17.1. The fraction of sp³-hybridized carbons (Fsp3) is 0.273. The van der Waals surface area contributed by atoms with Gasteiger partial charge in [-0.15, -0.1) is 0 Å². The molecule has 150 valence electrons. The summed E-state index contributed by atoms with van der Waals surface area (Å²) in [5.74, 6) is 0.117. The molecular formula is C22H23N3O3S. The molecule has 1 aliphatic rings. The first-order valence-corrected chi connectivity index (χ1v) is 10.9. The predicted molar refractivity (Wildman–Crippen MR) is 117 cm³/mol. The van der Waals surface area contributed by atoms with E-state index < -0.39 is 10.8 Å². The summed E-state index contributed by atoms with van der Waals surface area (Å²) in [4.78, 5) is 16.4. The van der Waals surface area contributed by atoms with Crippen LogP contribution in [-0.4, -0.2) is 47.3 Å². The lowest BCUT2D eigenvalue weighted by Gasteiger charge is -2.34. The standard InChI is InChI=1S/C22H23N3O3S/c1-23-11-13-24(14-12-23)19-9-10-21(25(26)27)18(15-19)16-29(28)22-8-4-6-17-5-2-3-7-20(17)22/h2-10,15H,11-14,16H2,1H3. The quantitative estimate of drug-likeness (QED) is 0.474. The molecule has 1 heterocycles. The molecule has 1 fully saturated rings.